The highest BCUT2D eigenvalue weighted by Crippen LogP contribution is 2.17. The van der Waals surface area contributed by atoms with Crippen LogP contribution < -0.4 is 0 Å². The van der Waals surface area contributed by atoms with Crippen molar-refractivity contribution in [1.29, 1.82) is 0 Å². The summed E-state index contributed by atoms with van der Waals surface area (Å²) in [7, 11) is 0. The zero-order chi connectivity index (χ0) is 12.4. The number of para-hydroxylation sites is 1. The van der Waals surface area contributed by atoms with E-state index in [2.05, 4.69) is 9.97 Å². The van der Waals surface area contributed by atoms with Gasteiger partial charge in [0.15, 0.2) is 0 Å². The van der Waals surface area contributed by atoms with Gasteiger partial charge in [0.25, 0.3) is 0 Å². The van der Waals surface area contributed by atoms with Gasteiger partial charge in [-0.3, -0.25) is 4.79 Å². The molecule has 3 nitrogen and oxygen atoms in total. The van der Waals surface area contributed by atoms with Crippen LogP contribution in [0.15, 0.2) is 60.9 Å². The highest BCUT2D eigenvalue weighted by atomic mass is 16.1. The van der Waals surface area contributed by atoms with Crippen LogP contribution in [-0.4, -0.2) is 15.8 Å². The molecule has 3 aromatic rings. The topological polar surface area (TPSA) is 42.9 Å². The molecule has 1 heterocycles. The van der Waals surface area contributed by atoms with Gasteiger partial charge in [0.1, 0.15) is 12.0 Å². The molecule has 0 unspecified atom stereocenters. The van der Waals surface area contributed by atoms with Gasteiger partial charge in [-0.15, -0.1) is 0 Å². The van der Waals surface area contributed by atoms with E-state index in [-0.39, 0.29) is 5.78 Å². The summed E-state index contributed by atoms with van der Waals surface area (Å²) in [6.07, 6.45) is 1.43. The van der Waals surface area contributed by atoms with E-state index in [0.717, 1.165) is 10.9 Å². The highest BCUT2D eigenvalue weighted by Gasteiger charge is 2.13. The van der Waals surface area contributed by atoms with E-state index in [4.69, 9.17) is 0 Å². The molecule has 0 aliphatic heterocycles. The van der Waals surface area contributed by atoms with Crippen molar-refractivity contribution in [2.75, 3.05) is 0 Å². The Bertz CT molecular complexity index is 703. The molecule has 0 saturated heterocycles. The number of carbonyl (C=O) groups excluding carboxylic acids is 1. The van der Waals surface area contributed by atoms with Gasteiger partial charge in [0, 0.05) is 10.9 Å². The van der Waals surface area contributed by atoms with E-state index in [1.54, 1.807) is 12.1 Å². The Balaban J connectivity index is 2.18. The second-order valence-electron chi connectivity index (χ2n) is 3.93. The van der Waals surface area contributed by atoms with Gasteiger partial charge < -0.3 is 0 Å². The van der Waals surface area contributed by atoms with Crippen molar-refractivity contribution in [1.82, 2.24) is 9.97 Å². The van der Waals surface area contributed by atoms with Crippen LogP contribution in [0.5, 0.6) is 0 Å². The zero-order valence-corrected chi connectivity index (χ0v) is 9.58. The molecule has 2 aromatic carbocycles. The van der Waals surface area contributed by atoms with Crippen LogP contribution in [0, 0.1) is 0 Å². The fraction of sp³-hybridized carbons (Fsp3) is 0. The van der Waals surface area contributed by atoms with Gasteiger partial charge in [-0.1, -0.05) is 48.5 Å². The van der Waals surface area contributed by atoms with Crippen molar-refractivity contribution in [2.45, 2.75) is 0 Å². The third-order valence-corrected chi connectivity index (χ3v) is 2.79. The van der Waals surface area contributed by atoms with Crippen molar-refractivity contribution >= 4 is 16.7 Å². The number of hydrogen-bond acceptors (Lipinski definition) is 3. The number of benzene rings is 2. The number of aromatic nitrogens is 2. The molecule has 0 N–H and O–H groups in total. The molecule has 0 radical (unpaired) electrons. The molecule has 1 aromatic heterocycles. The Kier molecular flexibility index (Phi) is 2.57. The fourth-order valence-electron chi connectivity index (χ4n) is 1.91. The maximum Gasteiger partial charge on any atom is 0.212 e. The summed E-state index contributed by atoms with van der Waals surface area (Å²) in [6, 6.07) is 16.7. The minimum atomic E-state index is -0.0748. The van der Waals surface area contributed by atoms with Crippen molar-refractivity contribution in [3.05, 3.63) is 72.2 Å². The van der Waals surface area contributed by atoms with Crippen LogP contribution in [-0.2, 0) is 0 Å². The Labute approximate surface area is 104 Å². The summed E-state index contributed by atoms with van der Waals surface area (Å²) >= 11 is 0. The smallest absolute Gasteiger partial charge is 0.212 e. The summed E-state index contributed by atoms with van der Waals surface area (Å²) in [5.41, 5.74) is 1.87. The predicted octanol–water partition coefficient (Wildman–Crippen LogP) is 2.86. The van der Waals surface area contributed by atoms with Gasteiger partial charge in [-0.05, 0) is 6.07 Å². The first kappa shape index (κ1) is 10.6. The number of fused-ring (bicyclic) bond motifs is 1. The summed E-state index contributed by atoms with van der Waals surface area (Å²) in [4.78, 5) is 20.6. The SMILES string of the molecule is O=C(c1ccccc1)c1ncnc2ccccc12. The predicted molar refractivity (Wildman–Crippen MR) is 69.4 cm³/mol. The Morgan fingerprint density at radius 1 is 0.833 bits per heavy atom. The second kappa shape index (κ2) is 4.37. The van der Waals surface area contributed by atoms with Crippen molar-refractivity contribution in [2.24, 2.45) is 0 Å². The lowest BCUT2D eigenvalue weighted by Gasteiger charge is -2.03. The minimum absolute atomic E-state index is 0.0748. The molecule has 86 valence electrons. The molecule has 3 heteroatoms. The molecule has 0 aliphatic rings. The highest BCUT2D eigenvalue weighted by molar-refractivity contribution is 6.14. The monoisotopic (exact) mass is 234 g/mol. The molecule has 0 spiro atoms. The maximum atomic E-state index is 12.4. The molecule has 18 heavy (non-hydrogen) atoms. The summed E-state index contributed by atoms with van der Waals surface area (Å²) in [5.74, 6) is -0.0748. The van der Waals surface area contributed by atoms with Crippen LogP contribution >= 0.6 is 0 Å². The van der Waals surface area contributed by atoms with Crippen LogP contribution in [0.25, 0.3) is 10.9 Å². The molecule has 0 aliphatic carbocycles. The Morgan fingerprint density at radius 3 is 2.39 bits per heavy atom. The van der Waals surface area contributed by atoms with Gasteiger partial charge in [0.05, 0.1) is 5.52 Å². The normalized spacial score (nSPS) is 10.4. The molecule has 3 rings (SSSR count). The van der Waals surface area contributed by atoms with Crippen molar-refractivity contribution in [3.63, 3.8) is 0 Å². The average Bonchev–Trinajstić information content (AvgIpc) is 2.47. The van der Waals surface area contributed by atoms with E-state index in [9.17, 15) is 4.79 Å². The first-order valence-corrected chi connectivity index (χ1v) is 5.66. The molecule has 0 amide bonds. The summed E-state index contributed by atoms with van der Waals surface area (Å²) in [5, 5.41) is 0.786. The largest absolute Gasteiger partial charge is 0.287 e. The first-order chi connectivity index (χ1) is 8.86. The average molecular weight is 234 g/mol. The van der Waals surface area contributed by atoms with Gasteiger partial charge in [-0.2, -0.15) is 0 Å². The number of ketones is 1. The lowest BCUT2D eigenvalue weighted by Crippen LogP contribution is -2.05. The Morgan fingerprint density at radius 2 is 1.56 bits per heavy atom. The summed E-state index contributed by atoms with van der Waals surface area (Å²) in [6.45, 7) is 0. The quantitative estimate of drug-likeness (QED) is 0.640. The standard InChI is InChI=1S/C15H10N2O/c18-15(11-6-2-1-3-7-11)14-12-8-4-5-9-13(12)16-10-17-14/h1-10H. The van der Waals surface area contributed by atoms with E-state index >= 15 is 0 Å². The number of rotatable bonds is 2. The Hall–Kier alpha value is -2.55. The molecule has 0 fully saturated rings. The molecule has 0 atom stereocenters. The number of nitrogens with zero attached hydrogens (tertiary/aromatic N) is 2. The molecular formula is C15H10N2O. The van der Waals surface area contributed by atoms with E-state index in [1.807, 2.05) is 42.5 Å². The summed E-state index contributed by atoms with van der Waals surface area (Å²) < 4.78 is 0. The van der Waals surface area contributed by atoms with Crippen molar-refractivity contribution < 1.29 is 4.79 Å². The van der Waals surface area contributed by atoms with Gasteiger partial charge in [0.2, 0.25) is 5.78 Å². The fourth-order valence-corrected chi connectivity index (χ4v) is 1.91. The zero-order valence-electron chi connectivity index (χ0n) is 9.58. The van der Waals surface area contributed by atoms with E-state index < -0.39 is 0 Å². The molecular weight excluding hydrogens is 224 g/mol. The van der Waals surface area contributed by atoms with Gasteiger partial charge in [-0.25, -0.2) is 9.97 Å². The van der Waals surface area contributed by atoms with E-state index in [1.165, 1.54) is 6.33 Å². The second-order valence-corrected chi connectivity index (χ2v) is 3.93. The lowest BCUT2D eigenvalue weighted by molar-refractivity contribution is 0.103. The first-order valence-electron chi connectivity index (χ1n) is 5.66. The number of hydrogen-bond donors (Lipinski definition) is 0. The third kappa shape index (κ3) is 1.76. The van der Waals surface area contributed by atoms with Crippen molar-refractivity contribution in [3.8, 4) is 0 Å². The van der Waals surface area contributed by atoms with Crippen LogP contribution in [0.4, 0.5) is 0 Å². The lowest BCUT2D eigenvalue weighted by atomic mass is 10.0. The van der Waals surface area contributed by atoms with Crippen LogP contribution in [0.1, 0.15) is 16.1 Å². The molecule has 0 bridgehead atoms. The number of carbonyl (C=O) groups is 1. The van der Waals surface area contributed by atoms with Gasteiger partial charge >= 0.3 is 0 Å². The minimum Gasteiger partial charge on any atom is -0.287 e. The van der Waals surface area contributed by atoms with Crippen LogP contribution in [0.3, 0.4) is 0 Å². The van der Waals surface area contributed by atoms with E-state index in [0.29, 0.717) is 11.3 Å². The maximum absolute atomic E-state index is 12.4. The van der Waals surface area contributed by atoms with Crippen LogP contribution in [0.2, 0.25) is 0 Å². The molecule has 0 saturated carbocycles. The third-order valence-electron chi connectivity index (χ3n) is 2.79.